The topological polar surface area (TPSA) is 99.3 Å². The van der Waals surface area contributed by atoms with Gasteiger partial charge in [0.1, 0.15) is 0 Å². The van der Waals surface area contributed by atoms with Gasteiger partial charge in [0.2, 0.25) is 0 Å². The van der Waals surface area contributed by atoms with E-state index in [1.807, 2.05) is 0 Å². The van der Waals surface area contributed by atoms with Crippen molar-refractivity contribution >= 4 is 28.9 Å². The van der Waals surface area contributed by atoms with E-state index in [9.17, 15) is 14.3 Å². The zero-order valence-corrected chi connectivity index (χ0v) is 16.9. The minimum Gasteiger partial charge on any atom is -0.493 e. The number of rotatable bonds is 6. The number of halogens is 2. The Balaban J connectivity index is 1.93. The number of amides is 1. The molecule has 1 aliphatic heterocycles. The van der Waals surface area contributed by atoms with Crippen molar-refractivity contribution < 1.29 is 19.0 Å². The van der Waals surface area contributed by atoms with E-state index in [1.54, 1.807) is 18.2 Å². The summed E-state index contributed by atoms with van der Waals surface area (Å²) in [5, 5.41) is 15.9. The average molecular weight is 431 g/mol. The van der Waals surface area contributed by atoms with Crippen molar-refractivity contribution in [2.75, 3.05) is 25.6 Å². The molecular formula is C21H20ClFN4O3. The number of hydrogen-bond donors (Lipinski definition) is 4. The van der Waals surface area contributed by atoms with Crippen molar-refractivity contribution in [1.82, 2.24) is 15.3 Å². The van der Waals surface area contributed by atoms with Gasteiger partial charge < -0.3 is 25.5 Å². The lowest BCUT2D eigenvalue weighted by molar-refractivity contribution is 0.0937. The maximum Gasteiger partial charge on any atom is 0.255 e. The Morgan fingerprint density at radius 1 is 1.40 bits per heavy atom. The van der Waals surface area contributed by atoms with Crippen molar-refractivity contribution in [2.45, 2.75) is 12.3 Å². The van der Waals surface area contributed by atoms with E-state index in [1.165, 1.54) is 19.4 Å². The molecule has 4 rings (SSSR count). The lowest BCUT2D eigenvalue weighted by Crippen LogP contribution is -2.35. The number of aliphatic hydroxyl groups excluding tert-OH is 1. The number of anilines is 2. The number of methoxy groups -OCH3 is 1. The van der Waals surface area contributed by atoms with E-state index in [4.69, 9.17) is 16.3 Å². The highest BCUT2D eigenvalue weighted by Crippen LogP contribution is 2.43. The van der Waals surface area contributed by atoms with Gasteiger partial charge in [0.15, 0.2) is 11.6 Å². The van der Waals surface area contributed by atoms with Gasteiger partial charge in [-0.25, -0.2) is 4.39 Å². The zero-order chi connectivity index (χ0) is 21.3. The standard InChI is InChI=1S/C21H20ClFN4O3/c1-30-20-13(22)3-2-4-15(20)26-19-16-17(11(6-8-28)9-25-21(16)29)27-18(19)12-5-7-24-10-14(12)23/h2-5,7,10-11,26-28H,6,8-9H2,1H3,(H,25,29). The Morgan fingerprint density at radius 2 is 2.23 bits per heavy atom. The minimum atomic E-state index is -0.531. The van der Waals surface area contributed by atoms with Crippen LogP contribution < -0.4 is 15.4 Å². The molecule has 0 fully saturated rings. The molecule has 1 atom stereocenters. The van der Waals surface area contributed by atoms with E-state index in [0.717, 1.165) is 6.20 Å². The van der Waals surface area contributed by atoms with Gasteiger partial charge in [0.25, 0.3) is 5.91 Å². The van der Waals surface area contributed by atoms with Gasteiger partial charge in [-0.2, -0.15) is 0 Å². The minimum absolute atomic E-state index is 0.0389. The first-order valence-corrected chi connectivity index (χ1v) is 9.77. The highest BCUT2D eigenvalue weighted by Gasteiger charge is 2.33. The van der Waals surface area contributed by atoms with E-state index in [0.29, 0.717) is 52.1 Å². The van der Waals surface area contributed by atoms with Gasteiger partial charge >= 0.3 is 0 Å². The van der Waals surface area contributed by atoms with Crippen molar-refractivity contribution in [2.24, 2.45) is 0 Å². The van der Waals surface area contributed by atoms with Crippen LogP contribution in [0.4, 0.5) is 15.8 Å². The van der Waals surface area contributed by atoms with Crippen LogP contribution in [-0.2, 0) is 0 Å². The highest BCUT2D eigenvalue weighted by atomic mass is 35.5. The fourth-order valence-electron chi connectivity index (χ4n) is 3.72. The Morgan fingerprint density at radius 3 is 2.97 bits per heavy atom. The van der Waals surface area contributed by atoms with Gasteiger partial charge in [-0.05, 0) is 24.6 Å². The lowest BCUT2D eigenvalue weighted by Gasteiger charge is -2.23. The molecule has 2 aromatic heterocycles. The molecule has 156 valence electrons. The van der Waals surface area contributed by atoms with Crippen LogP contribution in [0.1, 0.15) is 28.4 Å². The fourth-order valence-corrected chi connectivity index (χ4v) is 3.98. The number of pyridine rings is 1. The Hall–Kier alpha value is -3.10. The summed E-state index contributed by atoms with van der Waals surface area (Å²) in [7, 11) is 1.49. The van der Waals surface area contributed by atoms with Crippen LogP contribution in [0.3, 0.4) is 0 Å². The zero-order valence-electron chi connectivity index (χ0n) is 16.1. The van der Waals surface area contributed by atoms with Crippen LogP contribution in [0.25, 0.3) is 11.3 Å². The molecule has 1 aromatic carbocycles. The van der Waals surface area contributed by atoms with Crippen molar-refractivity contribution in [3.63, 3.8) is 0 Å². The molecule has 1 unspecified atom stereocenters. The number of benzene rings is 1. The molecule has 9 heteroatoms. The molecule has 4 N–H and O–H groups in total. The summed E-state index contributed by atoms with van der Waals surface area (Å²) < 4.78 is 20.0. The number of ether oxygens (including phenoxy) is 1. The summed E-state index contributed by atoms with van der Waals surface area (Å²) in [4.78, 5) is 19.8. The number of carbonyl (C=O) groups is 1. The molecule has 3 heterocycles. The molecule has 0 saturated carbocycles. The largest absolute Gasteiger partial charge is 0.493 e. The molecule has 0 aliphatic carbocycles. The van der Waals surface area contributed by atoms with Crippen LogP contribution in [0.5, 0.6) is 5.75 Å². The third-order valence-corrected chi connectivity index (χ3v) is 5.42. The normalized spacial score (nSPS) is 15.5. The summed E-state index contributed by atoms with van der Waals surface area (Å²) in [6.45, 7) is 0.341. The van der Waals surface area contributed by atoms with Crippen molar-refractivity contribution in [1.29, 1.82) is 0 Å². The number of aromatic amines is 1. The number of H-pyrrole nitrogens is 1. The monoisotopic (exact) mass is 430 g/mol. The fraction of sp³-hybridized carbons (Fsp3) is 0.238. The third kappa shape index (κ3) is 3.48. The van der Waals surface area contributed by atoms with Crippen molar-refractivity contribution in [3.05, 3.63) is 58.8 Å². The molecule has 30 heavy (non-hydrogen) atoms. The molecule has 0 spiro atoms. The van der Waals surface area contributed by atoms with E-state index < -0.39 is 5.82 Å². The second-order valence-electron chi connectivity index (χ2n) is 6.88. The number of aromatic nitrogens is 2. The maximum absolute atomic E-state index is 14.6. The van der Waals surface area contributed by atoms with Crippen LogP contribution in [0, 0.1) is 5.82 Å². The van der Waals surface area contributed by atoms with Gasteiger partial charge in [-0.1, -0.05) is 17.7 Å². The number of nitrogens with one attached hydrogen (secondary N) is 3. The number of aliphatic hydroxyl groups is 1. The summed E-state index contributed by atoms with van der Waals surface area (Å²) in [6, 6.07) is 6.72. The molecule has 1 amide bonds. The molecule has 0 bridgehead atoms. The summed E-state index contributed by atoms with van der Waals surface area (Å²) in [5.41, 5.74) is 2.60. The number of nitrogens with zero attached hydrogens (tertiary/aromatic N) is 1. The summed E-state index contributed by atoms with van der Waals surface area (Å²) >= 11 is 6.24. The number of para-hydroxylation sites is 1. The number of carbonyl (C=O) groups excluding carboxylic acids is 1. The lowest BCUT2D eigenvalue weighted by atomic mass is 9.94. The van der Waals surface area contributed by atoms with Gasteiger partial charge in [0, 0.05) is 36.5 Å². The van der Waals surface area contributed by atoms with E-state index in [2.05, 4.69) is 20.6 Å². The van der Waals surface area contributed by atoms with E-state index >= 15 is 0 Å². The van der Waals surface area contributed by atoms with Crippen LogP contribution in [0.2, 0.25) is 5.02 Å². The van der Waals surface area contributed by atoms with E-state index in [-0.39, 0.29) is 24.0 Å². The second-order valence-corrected chi connectivity index (χ2v) is 7.29. The Bertz CT molecular complexity index is 1100. The molecule has 1 aliphatic rings. The molecule has 3 aromatic rings. The Kier molecular flexibility index (Phi) is 5.61. The predicted molar refractivity (Wildman–Crippen MR) is 112 cm³/mol. The van der Waals surface area contributed by atoms with Crippen LogP contribution in [-0.4, -0.2) is 41.2 Å². The second kappa shape index (κ2) is 8.33. The van der Waals surface area contributed by atoms with Gasteiger partial charge in [-0.15, -0.1) is 0 Å². The van der Waals surface area contributed by atoms with Gasteiger partial charge in [0.05, 0.1) is 41.0 Å². The molecule has 7 nitrogen and oxygen atoms in total. The average Bonchev–Trinajstić information content (AvgIpc) is 3.11. The first kappa shape index (κ1) is 20.2. The maximum atomic E-state index is 14.6. The molecular weight excluding hydrogens is 411 g/mol. The Labute approximate surface area is 177 Å². The molecule has 0 radical (unpaired) electrons. The summed E-state index contributed by atoms with van der Waals surface area (Å²) in [5.74, 6) is -0.558. The highest BCUT2D eigenvalue weighted by molar-refractivity contribution is 6.32. The first-order chi connectivity index (χ1) is 14.5. The van der Waals surface area contributed by atoms with Crippen LogP contribution in [0.15, 0.2) is 36.7 Å². The van der Waals surface area contributed by atoms with Crippen LogP contribution >= 0.6 is 11.6 Å². The van der Waals surface area contributed by atoms with Crippen molar-refractivity contribution in [3.8, 4) is 17.0 Å². The number of fused-ring (bicyclic) bond motifs is 1. The quantitative estimate of drug-likeness (QED) is 0.476. The summed E-state index contributed by atoms with van der Waals surface area (Å²) in [6.07, 6.45) is 3.05. The SMILES string of the molecule is COc1c(Cl)cccc1Nc1c(-c2ccncc2F)[nH]c2c1C(=O)NCC2CCO. The molecule has 0 saturated heterocycles. The first-order valence-electron chi connectivity index (χ1n) is 9.39. The predicted octanol–water partition coefficient (Wildman–Crippen LogP) is 3.83. The third-order valence-electron chi connectivity index (χ3n) is 5.12. The number of hydrogen-bond acceptors (Lipinski definition) is 5. The smallest absolute Gasteiger partial charge is 0.255 e. The van der Waals surface area contributed by atoms with Gasteiger partial charge in [-0.3, -0.25) is 9.78 Å².